The van der Waals surface area contributed by atoms with Crippen molar-refractivity contribution in [3.05, 3.63) is 0 Å². The lowest BCUT2D eigenvalue weighted by molar-refractivity contribution is -0.218. The second kappa shape index (κ2) is 38.2. The smallest absolute Gasteiger partial charge is 0.472 e. The van der Waals surface area contributed by atoms with E-state index in [1.54, 1.807) is 0 Å². The fourth-order valence-corrected chi connectivity index (χ4v) is 6.84. The van der Waals surface area contributed by atoms with Gasteiger partial charge >= 0.3 is 19.8 Å². The molecule has 0 radical (unpaired) electrons. The second-order valence-electron chi connectivity index (χ2n) is 14.1. The average molecular weight is 779 g/mol. The standard InChI is InChI=1S/C40H78NO9PS/c1-3-5-7-9-11-13-15-17-19-21-23-25-27-29-39(43)47-35-37(36-49-51(45,46)48-33-32-41-38(42)31-34-52)50-40(44)30-28-26-24-22-20-18-16-14-12-10-8-6-4-2/h37,52H,3-36H2,1-2H3,(H,41,42)(H,45,46)/p-1/t37-/m1/s1. The first kappa shape index (κ1) is 50.9. The molecule has 0 rings (SSSR count). The number of hydrogen-bond donors (Lipinski definition) is 2. The quantitative estimate of drug-likeness (QED) is 0.0155. The summed E-state index contributed by atoms with van der Waals surface area (Å²) in [4.78, 5) is 38.9. The van der Waals surface area contributed by atoms with Crippen LogP contribution in [0.2, 0.25) is 0 Å². The lowest BCUT2D eigenvalue weighted by Gasteiger charge is -2.20. The fourth-order valence-electron chi connectivity index (χ4n) is 5.91. The van der Waals surface area contributed by atoms with Crippen molar-refractivity contribution in [1.82, 2.24) is 0 Å². The minimum atomic E-state index is -4.53. The van der Waals surface area contributed by atoms with Crippen LogP contribution < -0.4 is 5.11 Å². The summed E-state index contributed by atoms with van der Waals surface area (Å²) in [5.74, 6) is -0.895. The summed E-state index contributed by atoms with van der Waals surface area (Å²) in [7, 11) is -4.53. The van der Waals surface area contributed by atoms with Gasteiger partial charge in [-0.2, -0.15) is 12.6 Å². The van der Waals surface area contributed by atoms with E-state index in [0.717, 1.165) is 38.5 Å². The lowest BCUT2D eigenvalue weighted by atomic mass is 10.0. The van der Waals surface area contributed by atoms with Crippen LogP contribution in [0.5, 0.6) is 0 Å². The number of carbonyl (C=O) groups is 2. The highest BCUT2D eigenvalue weighted by Crippen LogP contribution is 2.43. The molecule has 1 unspecified atom stereocenters. The fraction of sp³-hybridized carbons (Fsp3) is 0.925. The van der Waals surface area contributed by atoms with Crippen LogP contribution in [0.3, 0.4) is 0 Å². The third-order valence-electron chi connectivity index (χ3n) is 9.08. The molecule has 2 atom stereocenters. The maximum Gasteiger partial charge on any atom is 0.472 e. The van der Waals surface area contributed by atoms with Gasteiger partial charge in [0.05, 0.1) is 19.8 Å². The van der Waals surface area contributed by atoms with Crippen LogP contribution in [0.15, 0.2) is 4.99 Å². The van der Waals surface area contributed by atoms with Gasteiger partial charge in [-0.15, -0.1) is 0 Å². The highest BCUT2D eigenvalue weighted by molar-refractivity contribution is 7.80. The highest BCUT2D eigenvalue weighted by Gasteiger charge is 2.26. The molecule has 0 saturated carbocycles. The molecule has 10 nitrogen and oxygen atoms in total. The molecule has 0 fully saturated rings. The summed E-state index contributed by atoms with van der Waals surface area (Å²) in [5.41, 5.74) is 0. The Morgan fingerprint density at radius 3 is 1.44 bits per heavy atom. The predicted octanol–water partition coefficient (Wildman–Crippen LogP) is 10.6. The van der Waals surface area contributed by atoms with Gasteiger partial charge in [0.15, 0.2) is 6.10 Å². The van der Waals surface area contributed by atoms with Gasteiger partial charge in [-0.05, 0) is 30.9 Å². The molecule has 0 aliphatic heterocycles. The highest BCUT2D eigenvalue weighted by atomic mass is 32.1. The van der Waals surface area contributed by atoms with Crippen molar-refractivity contribution >= 4 is 38.3 Å². The molecule has 0 aromatic heterocycles. The van der Waals surface area contributed by atoms with Crippen LogP contribution in [0.25, 0.3) is 0 Å². The van der Waals surface area contributed by atoms with Crippen molar-refractivity contribution in [3.8, 4) is 0 Å². The van der Waals surface area contributed by atoms with Gasteiger partial charge in [-0.3, -0.25) is 18.6 Å². The molecule has 1 N–H and O–H groups in total. The van der Waals surface area contributed by atoms with Gasteiger partial charge in [0.25, 0.3) is 0 Å². The zero-order valence-electron chi connectivity index (χ0n) is 33.2. The van der Waals surface area contributed by atoms with Crippen molar-refractivity contribution in [1.29, 1.82) is 0 Å². The monoisotopic (exact) mass is 779 g/mol. The van der Waals surface area contributed by atoms with E-state index in [4.69, 9.17) is 18.5 Å². The normalized spacial score (nSPS) is 13.6. The van der Waals surface area contributed by atoms with E-state index in [0.29, 0.717) is 12.2 Å². The summed E-state index contributed by atoms with van der Waals surface area (Å²) in [6.07, 6.45) is 30.9. The van der Waals surface area contributed by atoms with Crippen LogP contribution in [0, 0.1) is 0 Å². The van der Waals surface area contributed by atoms with Gasteiger partial charge in [-0.25, -0.2) is 4.57 Å². The summed E-state index contributed by atoms with van der Waals surface area (Å²) >= 11 is 3.97. The largest absolute Gasteiger partial charge is 0.862 e. The number of aliphatic imine (C=N–C) groups is 1. The molecule has 0 spiro atoms. The number of phosphoric acid groups is 1. The minimum absolute atomic E-state index is 0.102. The van der Waals surface area contributed by atoms with E-state index >= 15 is 0 Å². The third-order valence-corrected chi connectivity index (χ3v) is 10.3. The number of phosphoric ester groups is 1. The number of nitrogens with zero attached hydrogens (tertiary/aromatic N) is 1. The van der Waals surface area contributed by atoms with Gasteiger partial charge in [0, 0.05) is 12.8 Å². The maximum absolute atomic E-state index is 12.6. The number of unbranched alkanes of at least 4 members (excludes halogenated alkanes) is 24. The Bertz CT molecular complexity index is 908. The van der Waals surface area contributed by atoms with E-state index < -0.39 is 32.5 Å². The SMILES string of the molecule is CCCCCCCCCCCCCCCC(=O)OC[C@H](COP(=O)(O)OCCN=C([O-])CCS)OC(=O)CCCCCCCCCCCCCCC. The van der Waals surface area contributed by atoms with E-state index in [2.05, 4.69) is 31.5 Å². The van der Waals surface area contributed by atoms with E-state index in [1.165, 1.54) is 122 Å². The number of carbonyl (C=O) groups excluding carboxylic acids is 2. The molecular formula is C40H77NO9PS-. The number of ether oxygens (including phenoxy) is 2. The summed E-state index contributed by atoms with van der Waals surface area (Å²) in [6, 6.07) is 0. The molecule has 52 heavy (non-hydrogen) atoms. The first-order valence-electron chi connectivity index (χ1n) is 21.0. The molecule has 0 saturated heterocycles. The Kier molecular flexibility index (Phi) is 37.3. The number of hydrogen-bond acceptors (Lipinski definition) is 10. The zero-order valence-corrected chi connectivity index (χ0v) is 35.0. The van der Waals surface area contributed by atoms with Crippen molar-refractivity contribution in [2.75, 3.05) is 32.1 Å². The topological polar surface area (TPSA) is 144 Å². The van der Waals surface area contributed by atoms with Crippen molar-refractivity contribution in [2.24, 2.45) is 4.99 Å². The molecule has 0 heterocycles. The second-order valence-corrected chi connectivity index (χ2v) is 16.0. The zero-order chi connectivity index (χ0) is 38.4. The van der Waals surface area contributed by atoms with Gasteiger partial charge in [0.2, 0.25) is 0 Å². The lowest BCUT2D eigenvalue weighted by Crippen LogP contribution is -2.29. The van der Waals surface area contributed by atoms with Gasteiger partial charge < -0.3 is 24.5 Å². The molecule has 12 heteroatoms. The minimum Gasteiger partial charge on any atom is -0.862 e. The molecule has 0 bridgehead atoms. The summed E-state index contributed by atoms with van der Waals surface area (Å²) < 4.78 is 33.2. The maximum atomic E-state index is 12.6. The molecule has 0 aromatic rings. The summed E-state index contributed by atoms with van der Waals surface area (Å²) in [5, 5.41) is 11.5. The molecular weight excluding hydrogens is 701 g/mol. The predicted molar refractivity (Wildman–Crippen MR) is 214 cm³/mol. The van der Waals surface area contributed by atoms with Crippen molar-refractivity contribution in [3.63, 3.8) is 0 Å². The molecule has 0 aromatic carbocycles. The third kappa shape index (κ3) is 37.2. The van der Waals surface area contributed by atoms with Crippen molar-refractivity contribution < 1.29 is 42.7 Å². The number of esters is 2. The van der Waals surface area contributed by atoms with E-state index in [1.807, 2.05) is 0 Å². The molecule has 0 amide bonds. The van der Waals surface area contributed by atoms with Crippen LogP contribution in [-0.2, 0) is 32.7 Å². The molecule has 308 valence electrons. The van der Waals surface area contributed by atoms with E-state index in [9.17, 15) is 24.2 Å². The first-order valence-corrected chi connectivity index (χ1v) is 23.1. The van der Waals surface area contributed by atoms with Crippen LogP contribution in [0.4, 0.5) is 0 Å². The van der Waals surface area contributed by atoms with Crippen LogP contribution in [-0.4, -0.2) is 61.0 Å². The van der Waals surface area contributed by atoms with Crippen LogP contribution in [0.1, 0.15) is 200 Å². The Labute approximate surface area is 323 Å². The first-order chi connectivity index (χ1) is 25.2. The Balaban J connectivity index is 4.45. The Morgan fingerprint density at radius 2 is 1.02 bits per heavy atom. The van der Waals surface area contributed by atoms with Gasteiger partial charge in [-0.1, -0.05) is 168 Å². The average Bonchev–Trinajstić information content (AvgIpc) is 3.12. The van der Waals surface area contributed by atoms with Gasteiger partial charge in [0.1, 0.15) is 6.61 Å². The number of rotatable bonds is 40. The van der Waals surface area contributed by atoms with Crippen molar-refractivity contribution in [2.45, 2.75) is 206 Å². The Hall–Kier alpha value is -1.13. The molecule has 0 aliphatic carbocycles. The summed E-state index contributed by atoms with van der Waals surface area (Å²) in [6.45, 7) is 3.31. The van der Waals surface area contributed by atoms with Crippen LogP contribution >= 0.6 is 20.5 Å². The Morgan fingerprint density at radius 1 is 0.615 bits per heavy atom. The van der Waals surface area contributed by atoms with E-state index in [-0.39, 0.29) is 44.9 Å². The number of thiol groups is 1. The molecule has 0 aliphatic rings.